The van der Waals surface area contributed by atoms with E-state index < -0.39 is 0 Å². The van der Waals surface area contributed by atoms with Crippen molar-refractivity contribution in [1.29, 1.82) is 0 Å². The van der Waals surface area contributed by atoms with E-state index in [4.69, 9.17) is 11.6 Å². The molecule has 1 aromatic rings. The quantitative estimate of drug-likeness (QED) is 0.651. The number of halogens is 2. The number of carbonyl (C=O) groups excluding carboxylic acids is 1. The molecule has 0 unspecified atom stereocenters. The minimum Gasteiger partial charge on any atom is -0.325 e. The Morgan fingerprint density at radius 1 is 1.30 bits per heavy atom. The summed E-state index contributed by atoms with van der Waals surface area (Å²) >= 11 is 10.3. The molecule has 1 amide bonds. The second kappa shape index (κ2) is 5.49. The Labute approximate surface area is 151 Å². The molecule has 0 heterocycles. The lowest BCUT2D eigenvalue weighted by molar-refractivity contribution is -0.123. The van der Waals surface area contributed by atoms with Crippen molar-refractivity contribution in [2.75, 3.05) is 5.32 Å². The Kier molecular flexibility index (Phi) is 3.81. The number of benzene rings is 1. The summed E-state index contributed by atoms with van der Waals surface area (Å²) in [5.41, 5.74) is 2.05. The summed E-state index contributed by atoms with van der Waals surface area (Å²) in [7, 11) is 0. The summed E-state index contributed by atoms with van der Waals surface area (Å²) in [5.74, 6) is 1.74. The van der Waals surface area contributed by atoms with Crippen molar-refractivity contribution < 1.29 is 4.79 Å². The van der Waals surface area contributed by atoms with Crippen molar-refractivity contribution in [2.45, 2.75) is 56.2 Å². The third-order valence-corrected chi connectivity index (χ3v) is 7.29. The zero-order valence-electron chi connectivity index (χ0n) is 13.5. The summed E-state index contributed by atoms with van der Waals surface area (Å²) in [6.45, 7) is 2.00. The van der Waals surface area contributed by atoms with Gasteiger partial charge in [-0.3, -0.25) is 4.79 Å². The summed E-state index contributed by atoms with van der Waals surface area (Å²) in [5, 5.41) is 3.66. The summed E-state index contributed by atoms with van der Waals surface area (Å²) in [6.07, 6.45) is 8.23. The van der Waals surface area contributed by atoms with E-state index in [1.165, 1.54) is 32.1 Å². The fraction of sp³-hybridized carbons (Fsp3) is 0.632. The fourth-order valence-corrected chi connectivity index (χ4v) is 7.59. The molecular weight excluding hydrogens is 374 g/mol. The van der Waals surface area contributed by atoms with Crippen molar-refractivity contribution in [1.82, 2.24) is 0 Å². The summed E-state index contributed by atoms with van der Waals surface area (Å²) < 4.78 is 0.304. The van der Waals surface area contributed by atoms with Crippen LogP contribution >= 0.6 is 27.5 Å². The first-order valence-electron chi connectivity index (χ1n) is 8.60. The average Bonchev–Trinajstić information content (AvgIpc) is 2.38. The van der Waals surface area contributed by atoms with Gasteiger partial charge in [0.2, 0.25) is 5.91 Å². The van der Waals surface area contributed by atoms with E-state index in [1.807, 2.05) is 25.1 Å². The Hall–Kier alpha value is -0.540. The molecule has 0 aliphatic heterocycles. The maximum Gasteiger partial charge on any atom is 0.224 e. The van der Waals surface area contributed by atoms with E-state index in [2.05, 4.69) is 21.2 Å². The molecule has 0 saturated heterocycles. The largest absolute Gasteiger partial charge is 0.325 e. The molecule has 0 aromatic heterocycles. The highest BCUT2D eigenvalue weighted by Gasteiger charge is 2.57. The third-order valence-electron chi connectivity index (χ3n) is 6.05. The van der Waals surface area contributed by atoms with Gasteiger partial charge in [-0.2, -0.15) is 0 Å². The topological polar surface area (TPSA) is 29.1 Å². The van der Waals surface area contributed by atoms with E-state index in [0.29, 0.717) is 15.8 Å². The van der Waals surface area contributed by atoms with Gasteiger partial charge in [0, 0.05) is 10.7 Å². The number of hydrogen-bond acceptors (Lipinski definition) is 1. The number of carbonyl (C=O) groups is 1. The van der Waals surface area contributed by atoms with Gasteiger partial charge in [0.1, 0.15) is 0 Å². The molecular formula is C19H23BrClNO. The number of anilines is 1. The van der Waals surface area contributed by atoms with Crippen LogP contribution in [0.3, 0.4) is 0 Å². The van der Waals surface area contributed by atoms with Crippen LogP contribution in [0.2, 0.25) is 5.02 Å². The Bertz CT molecular complexity index is 645. The molecule has 4 aliphatic rings. The molecule has 0 spiro atoms. The molecule has 1 aromatic carbocycles. The summed E-state index contributed by atoms with van der Waals surface area (Å²) in [6, 6.07) is 5.79. The standard InChI is InChI=1S/C19H23BrClNO/c1-12-2-3-16(15(21)4-12)22-17(23)10-18-6-13-5-14(7-18)9-19(20,8-13)11-18/h2-4,13-14H,5-11H2,1H3,(H,22,23)/t13-,14-,18?,19?/m1/s1. The SMILES string of the molecule is Cc1ccc(NC(=O)CC23C[C@H]4C[C@@H](CC(Br)(C4)C2)C3)c(Cl)c1. The van der Waals surface area contributed by atoms with E-state index in [9.17, 15) is 4.79 Å². The van der Waals surface area contributed by atoms with Gasteiger partial charge in [0.15, 0.2) is 0 Å². The lowest BCUT2D eigenvalue weighted by atomic mass is 9.48. The van der Waals surface area contributed by atoms with Crippen LogP contribution in [0.4, 0.5) is 5.69 Å². The number of hydrogen-bond donors (Lipinski definition) is 1. The van der Waals surface area contributed by atoms with Crippen LogP contribution < -0.4 is 5.32 Å². The number of amides is 1. The maximum absolute atomic E-state index is 12.7. The Balaban J connectivity index is 1.48. The van der Waals surface area contributed by atoms with Crippen LogP contribution in [-0.4, -0.2) is 10.2 Å². The van der Waals surface area contributed by atoms with Crippen LogP contribution in [-0.2, 0) is 4.79 Å². The average molecular weight is 397 g/mol. The predicted molar refractivity (Wildman–Crippen MR) is 98.2 cm³/mol. The lowest BCUT2D eigenvalue weighted by Gasteiger charge is -2.60. The van der Waals surface area contributed by atoms with Gasteiger partial charge in [-0.05, 0) is 80.4 Å². The highest BCUT2D eigenvalue weighted by Crippen LogP contribution is 2.65. The molecule has 4 saturated carbocycles. The molecule has 4 aliphatic carbocycles. The molecule has 2 atom stereocenters. The van der Waals surface area contributed by atoms with Gasteiger partial charge in [-0.15, -0.1) is 0 Å². The smallest absolute Gasteiger partial charge is 0.224 e. The van der Waals surface area contributed by atoms with Gasteiger partial charge < -0.3 is 5.32 Å². The molecule has 4 bridgehead atoms. The molecule has 4 heteroatoms. The van der Waals surface area contributed by atoms with Crippen LogP contribution in [0.15, 0.2) is 18.2 Å². The number of alkyl halides is 1. The van der Waals surface area contributed by atoms with E-state index in [0.717, 1.165) is 29.5 Å². The normalized spacial score (nSPS) is 37.9. The van der Waals surface area contributed by atoms with Crippen molar-refractivity contribution in [3.63, 3.8) is 0 Å². The molecule has 5 rings (SSSR count). The highest BCUT2D eigenvalue weighted by atomic mass is 79.9. The van der Waals surface area contributed by atoms with Crippen LogP contribution in [0.5, 0.6) is 0 Å². The second-order valence-electron chi connectivity index (χ2n) is 8.32. The number of rotatable bonds is 3. The van der Waals surface area contributed by atoms with Crippen molar-refractivity contribution in [3.05, 3.63) is 28.8 Å². The van der Waals surface area contributed by atoms with Crippen LogP contribution in [0, 0.1) is 24.2 Å². The maximum atomic E-state index is 12.7. The monoisotopic (exact) mass is 395 g/mol. The third kappa shape index (κ3) is 3.07. The van der Waals surface area contributed by atoms with E-state index in [-0.39, 0.29) is 11.3 Å². The zero-order chi connectivity index (χ0) is 16.2. The summed E-state index contributed by atoms with van der Waals surface area (Å²) in [4.78, 5) is 12.7. The second-order valence-corrected chi connectivity index (χ2v) is 10.4. The van der Waals surface area contributed by atoms with E-state index >= 15 is 0 Å². The van der Waals surface area contributed by atoms with Gasteiger partial charge in [-0.1, -0.05) is 33.6 Å². The van der Waals surface area contributed by atoms with Crippen LogP contribution in [0.25, 0.3) is 0 Å². The highest BCUT2D eigenvalue weighted by molar-refractivity contribution is 9.10. The lowest BCUT2D eigenvalue weighted by Crippen LogP contribution is -2.53. The Morgan fingerprint density at radius 2 is 2.00 bits per heavy atom. The van der Waals surface area contributed by atoms with Gasteiger partial charge in [0.25, 0.3) is 0 Å². The van der Waals surface area contributed by atoms with Gasteiger partial charge in [0.05, 0.1) is 10.7 Å². The fourth-order valence-electron chi connectivity index (χ4n) is 5.80. The Morgan fingerprint density at radius 3 is 2.61 bits per heavy atom. The van der Waals surface area contributed by atoms with E-state index in [1.54, 1.807) is 0 Å². The molecule has 0 radical (unpaired) electrons. The molecule has 2 nitrogen and oxygen atoms in total. The number of nitrogens with one attached hydrogen (secondary N) is 1. The molecule has 124 valence electrons. The zero-order valence-corrected chi connectivity index (χ0v) is 15.8. The van der Waals surface area contributed by atoms with Crippen molar-refractivity contribution in [3.8, 4) is 0 Å². The first-order valence-corrected chi connectivity index (χ1v) is 9.77. The van der Waals surface area contributed by atoms with Gasteiger partial charge in [-0.25, -0.2) is 0 Å². The van der Waals surface area contributed by atoms with Crippen LogP contribution in [0.1, 0.15) is 50.5 Å². The van der Waals surface area contributed by atoms with Crippen molar-refractivity contribution >= 4 is 39.1 Å². The molecule has 1 N–H and O–H groups in total. The molecule has 4 fully saturated rings. The minimum atomic E-state index is 0.119. The first-order chi connectivity index (χ1) is 10.8. The minimum absolute atomic E-state index is 0.119. The predicted octanol–water partition coefficient (Wildman–Crippen LogP) is 5.71. The molecule has 23 heavy (non-hydrogen) atoms. The first kappa shape index (κ1) is 16.0. The van der Waals surface area contributed by atoms with Crippen molar-refractivity contribution in [2.24, 2.45) is 17.3 Å². The number of aryl methyl sites for hydroxylation is 1. The van der Waals surface area contributed by atoms with Gasteiger partial charge >= 0.3 is 0 Å².